The second-order valence-corrected chi connectivity index (χ2v) is 5.62. The van der Waals surface area contributed by atoms with E-state index in [9.17, 15) is 5.11 Å². The molecule has 0 saturated carbocycles. The van der Waals surface area contributed by atoms with Crippen molar-refractivity contribution < 1.29 is 9.84 Å². The predicted molar refractivity (Wildman–Crippen MR) is 68.6 cm³/mol. The van der Waals surface area contributed by atoms with E-state index in [-0.39, 0.29) is 11.7 Å². The molecule has 0 aromatic rings. The molecule has 0 amide bonds. The molecule has 0 aromatic heterocycles. The van der Waals surface area contributed by atoms with Gasteiger partial charge in [0.15, 0.2) is 0 Å². The van der Waals surface area contributed by atoms with E-state index in [4.69, 9.17) is 4.74 Å². The molecular weight excluding hydrogens is 202 g/mol. The van der Waals surface area contributed by atoms with Crippen LogP contribution in [0.3, 0.4) is 0 Å². The fourth-order valence-electron chi connectivity index (χ4n) is 1.70. The Balaban J connectivity index is 3.70. The van der Waals surface area contributed by atoms with E-state index in [1.165, 1.54) is 0 Å². The standard InChI is InChI=1S/C13H29NO2/c1-10(2)12(15)7-8-14-11(3)9-13(4,5)16-6/h10-12,14-15H,7-9H2,1-6H3. The highest BCUT2D eigenvalue weighted by Gasteiger charge is 2.19. The molecular formula is C13H29NO2. The van der Waals surface area contributed by atoms with E-state index < -0.39 is 0 Å². The first-order valence-electron chi connectivity index (χ1n) is 6.25. The summed E-state index contributed by atoms with van der Waals surface area (Å²) in [6.07, 6.45) is 1.59. The van der Waals surface area contributed by atoms with Gasteiger partial charge in [-0.25, -0.2) is 0 Å². The lowest BCUT2D eigenvalue weighted by Gasteiger charge is -2.27. The van der Waals surface area contributed by atoms with E-state index in [1.54, 1.807) is 7.11 Å². The molecule has 2 atom stereocenters. The maximum atomic E-state index is 9.65. The van der Waals surface area contributed by atoms with Gasteiger partial charge in [0.05, 0.1) is 11.7 Å². The van der Waals surface area contributed by atoms with Crippen LogP contribution in [-0.2, 0) is 4.74 Å². The predicted octanol–water partition coefficient (Wildman–Crippen LogP) is 2.19. The van der Waals surface area contributed by atoms with E-state index in [2.05, 4.69) is 26.1 Å². The number of aliphatic hydroxyl groups excluding tert-OH is 1. The first-order chi connectivity index (χ1) is 7.28. The summed E-state index contributed by atoms with van der Waals surface area (Å²) in [6, 6.07) is 0.411. The third kappa shape index (κ3) is 7.20. The molecule has 3 nitrogen and oxygen atoms in total. The minimum Gasteiger partial charge on any atom is -0.393 e. The zero-order valence-corrected chi connectivity index (χ0v) is 11.7. The lowest BCUT2D eigenvalue weighted by atomic mass is 9.99. The molecule has 0 aromatic carbocycles. The van der Waals surface area contributed by atoms with Gasteiger partial charge in [-0.1, -0.05) is 13.8 Å². The van der Waals surface area contributed by atoms with Gasteiger partial charge in [0.2, 0.25) is 0 Å². The zero-order chi connectivity index (χ0) is 12.8. The van der Waals surface area contributed by atoms with Crippen molar-refractivity contribution in [1.82, 2.24) is 5.32 Å². The van der Waals surface area contributed by atoms with Gasteiger partial charge < -0.3 is 15.2 Å². The molecule has 16 heavy (non-hydrogen) atoms. The average Bonchev–Trinajstić information content (AvgIpc) is 2.16. The van der Waals surface area contributed by atoms with Crippen molar-refractivity contribution in [2.75, 3.05) is 13.7 Å². The Hall–Kier alpha value is -0.120. The van der Waals surface area contributed by atoms with Crippen molar-refractivity contribution in [1.29, 1.82) is 0 Å². The summed E-state index contributed by atoms with van der Waals surface area (Å²) in [7, 11) is 1.75. The fraction of sp³-hybridized carbons (Fsp3) is 1.00. The Kier molecular flexibility index (Phi) is 7.20. The van der Waals surface area contributed by atoms with Crippen molar-refractivity contribution in [2.24, 2.45) is 5.92 Å². The molecule has 2 unspecified atom stereocenters. The lowest BCUT2D eigenvalue weighted by molar-refractivity contribution is 0.00822. The quantitative estimate of drug-likeness (QED) is 0.673. The maximum Gasteiger partial charge on any atom is 0.0637 e. The molecule has 0 fully saturated rings. The fourth-order valence-corrected chi connectivity index (χ4v) is 1.70. The van der Waals surface area contributed by atoms with Gasteiger partial charge in [-0.05, 0) is 46.1 Å². The van der Waals surface area contributed by atoms with E-state index in [0.717, 1.165) is 19.4 Å². The van der Waals surface area contributed by atoms with Gasteiger partial charge in [-0.15, -0.1) is 0 Å². The number of hydrogen-bond acceptors (Lipinski definition) is 3. The van der Waals surface area contributed by atoms with Crippen molar-refractivity contribution in [2.45, 2.75) is 65.2 Å². The van der Waals surface area contributed by atoms with Crippen LogP contribution in [-0.4, -0.2) is 36.5 Å². The largest absolute Gasteiger partial charge is 0.393 e. The molecule has 0 aliphatic carbocycles. The average molecular weight is 231 g/mol. The van der Waals surface area contributed by atoms with Crippen molar-refractivity contribution in [3.63, 3.8) is 0 Å². The third-order valence-electron chi connectivity index (χ3n) is 3.05. The molecule has 98 valence electrons. The van der Waals surface area contributed by atoms with Gasteiger partial charge in [-0.2, -0.15) is 0 Å². The Morgan fingerprint density at radius 1 is 1.25 bits per heavy atom. The minimum atomic E-state index is -0.199. The molecule has 0 aliphatic heterocycles. The first-order valence-corrected chi connectivity index (χ1v) is 6.25. The normalized spacial score (nSPS) is 16.5. The molecule has 0 bridgehead atoms. The molecule has 0 heterocycles. The van der Waals surface area contributed by atoms with Crippen LogP contribution < -0.4 is 5.32 Å². The summed E-state index contributed by atoms with van der Waals surface area (Å²) in [5.74, 6) is 0.340. The smallest absolute Gasteiger partial charge is 0.0637 e. The molecule has 0 aliphatic rings. The highest BCUT2D eigenvalue weighted by molar-refractivity contribution is 4.75. The third-order valence-corrected chi connectivity index (χ3v) is 3.05. The van der Waals surface area contributed by atoms with Crippen LogP contribution in [0.5, 0.6) is 0 Å². The van der Waals surface area contributed by atoms with Gasteiger partial charge in [0.25, 0.3) is 0 Å². The van der Waals surface area contributed by atoms with Crippen LogP contribution >= 0.6 is 0 Å². The monoisotopic (exact) mass is 231 g/mol. The van der Waals surface area contributed by atoms with E-state index >= 15 is 0 Å². The van der Waals surface area contributed by atoms with Gasteiger partial charge in [0.1, 0.15) is 0 Å². The second kappa shape index (κ2) is 7.25. The Labute approximate surface area is 101 Å². The number of hydrogen-bond donors (Lipinski definition) is 2. The van der Waals surface area contributed by atoms with Gasteiger partial charge in [-0.3, -0.25) is 0 Å². The SMILES string of the molecule is COC(C)(C)CC(C)NCCC(O)C(C)C. The number of rotatable bonds is 8. The number of ether oxygens (including phenoxy) is 1. The summed E-state index contributed by atoms with van der Waals surface area (Å²) < 4.78 is 5.38. The minimum absolute atomic E-state index is 0.0803. The van der Waals surface area contributed by atoms with Crippen molar-refractivity contribution >= 4 is 0 Å². The van der Waals surface area contributed by atoms with E-state index in [1.807, 2.05) is 13.8 Å². The Morgan fingerprint density at radius 2 is 1.81 bits per heavy atom. The number of nitrogens with one attached hydrogen (secondary N) is 1. The summed E-state index contributed by atoms with van der Waals surface area (Å²) in [4.78, 5) is 0. The Bertz CT molecular complexity index is 181. The summed E-state index contributed by atoms with van der Waals surface area (Å²) in [5, 5.41) is 13.1. The van der Waals surface area contributed by atoms with Crippen LogP contribution in [0.4, 0.5) is 0 Å². The van der Waals surface area contributed by atoms with Gasteiger partial charge >= 0.3 is 0 Å². The van der Waals surface area contributed by atoms with Crippen molar-refractivity contribution in [3.8, 4) is 0 Å². The molecule has 3 heteroatoms. The topological polar surface area (TPSA) is 41.5 Å². The first kappa shape index (κ1) is 15.9. The number of aliphatic hydroxyl groups is 1. The maximum absolute atomic E-state index is 9.65. The molecule has 2 N–H and O–H groups in total. The molecule has 0 saturated heterocycles. The highest BCUT2D eigenvalue weighted by atomic mass is 16.5. The molecule has 0 spiro atoms. The van der Waals surface area contributed by atoms with Crippen LogP contribution in [0.25, 0.3) is 0 Å². The highest BCUT2D eigenvalue weighted by Crippen LogP contribution is 2.15. The molecule has 0 rings (SSSR count). The van der Waals surface area contributed by atoms with Crippen LogP contribution in [0, 0.1) is 5.92 Å². The molecule has 0 radical (unpaired) electrons. The van der Waals surface area contributed by atoms with Gasteiger partial charge in [0, 0.05) is 13.2 Å². The lowest BCUT2D eigenvalue weighted by Crippen LogP contribution is -2.37. The zero-order valence-electron chi connectivity index (χ0n) is 11.7. The van der Waals surface area contributed by atoms with Crippen LogP contribution in [0.2, 0.25) is 0 Å². The summed E-state index contributed by atoms with van der Waals surface area (Å²) in [5.41, 5.74) is -0.0803. The number of methoxy groups -OCH3 is 1. The van der Waals surface area contributed by atoms with Crippen LogP contribution in [0.1, 0.15) is 47.5 Å². The second-order valence-electron chi connectivity index (χ2n) is 5.62. The van der Waals surface area contributed by atoms with E-state index in [0.29, 0.717) is 12.0 Å². The summed E-state index contributed by atoms with van der Waals surface area (Å²) >= 11 is 0. The summed E-state index contributed by atoms with van der Waals surface area (Å²) in [6.45, 7) is 11.3. The van der Waals surface area contributed by atoms with Crippen LogP contribution in [0.15, 0.2) is 0 Å². The van der Waals surface area contributed by atoms with Crippen molar-refractivity contribution in [3.05, 3.63) is 0 Å². The Morgan fingerprint density at radius 3 is 2.25 bits per heavy atom.